The topological polar surface area (TPSA) is 52.6 Å². The molecule has 2 N–H and O–H groups in total. The summed E-state index contributed by atoms with van der Waals surface area (Å²) in [4.78, 5) is 11.2. The van der Waals surface area contributed by atoms with Crippen molar-refractivity contribution in [3.8, 4) is 0 Å². The van der Waals surface area contributed by atoms with Crippen molar-refractivity contribution in [3.05, 3.63) is 66.0 Å². The number of nitrogens with zero attached hydrogens (tertiary/aromatic N) is 3. The molecule has 1 aromatic heterocycles. The van der Waals surface area contributed by atoms with E-state index >= 15 is 0 Å². The van der Waals surface area contributed by atoms with E-state index in [1.807, 2.05) is 31.4 Å². The Morgan fingerprint density at radius 3 is 2.76 bits per heavy atom. The van der Waals surface area contributed by atoms with E-state index in [-0.39, 0.29) is 0 Å². The Morgan fingerprint density at radius 1 is 1.24 bits per heavy atom. The quantitative estimate of drug-likeness (QED) is 0.650. The number of hydrogen-bond acceptors (Lipinski definition) is 3. The number of guanidine groups is 1. The molecule has 5 heteroatoms. The van der Waals surface area contributed by atoms with Crippen LogP contribution in [0, 0.1) is 0 Å². The van der Waals surface area contributed by atoms with Crippen molar-refractivity contribution in [1.82, 2.24) is 20.5 Å². The van der Waals surface area contributed by atoms with Crippen LogP contribution < -0.4 is 10.6 Å². The number of aromatic nitrogens is 1. The van der Waals surface area contributed by atoms with Crippen LogP contribution in [0.5, 0.6) is 0 Å². The maximum atomic E-state index is 4.34. The molecular weight excluding hydrogens is 310 g/mol. The third kappa shape index (κ3) is 4.79. The van der Waals surface area contributed by atoms with Gasteiger partial charge in [0, 0.05) is 38.4 Å². The number of nitrogens with one attached hydrogen (secondary N) is 2. The van der Waals surface area contributed by atoms with Gasteiger partial charge >= 0.3 is 0 Å². The van der Waals surface area contributed by atoms with Crippen molar-refractivity contribution in [1.29, 1.82) is 0 Å². The second-order valence-corrected chi connectivity index (χ2v) is 6.46. The largest absolute Gasteiger partial charge is 0.352 e. The van der Waals surface area contributed by atoms with Crippen molar-refractivity contribution in [2.45, 2.75) is 32.0 Å². The van der Waals surface area contributed by atoms with E-state index in [1.165, 1.54) is 5.56 Å². The van der Waals surface area contributed by atoms with E-state index in [4.69, 9.17) is 0 Å². The van der Waals surface area contributed by atoms with Crippen LogP contribution in [-0.4, -0.2) is 42.0 Å². The molecule has 0 amide bonds. The summed E-state index contributed by atoms with van der Waals surface area (Å²) in [5, 5.41) is 6.89. The zero-order chi connectivity index (χ0) is 17.5. The first kappa shape index (κ1) is 17.4. The highest BCUT2D eigenvalue weighted by Gasteiger charge is 2.27. The maximum Gasteiger partial charge on any atom is 0.191 e. The van der Waals surface area contributed by atoms with Crippen molar-refractivity contribution in [2.75, 3.05) is 20.1 Å². The number of hydrogen-bond donors (Lipinski definition) is 2. The summed E-state index contributed by atoms with van der Waals surface area (Å²) < 4.78 is 0. The molecule has 1 aliphatic heterocycles. The van der Waals surface area contributed by atoms with Gasteiger partial charge in [-0.25, -0.2) is 0 Å². The number of pyridine rings is 1. The van der Waals surface area contributed by atoms with Gasteiger partial charge in [0.2, 0.25) is 0 Å². The molecule has 1 saturated heterocycles. The fourth-order valence-corrected chi connectivity index (χ4v) is 3.26. The third-order valence-electron chi connectivity index (χ3n) is 4.78. The first-order chi connectivity index (χ1) is 12.3. The van der Waals surface area contributed by atoms with Gasteiger partial charge in [0.1, 0.15) is 0 Å². The zero-order valence-corrected chi connectivity index (χ0v) is 15.0. The van der Waals surface area contributed by atoms with E-state index in [0.717, 1.165) is 31.2 Å². The SMILES string of the molecule is CN=C(NCc1ccccn1)NC1CCN(C(C)c2ccccc2)C1. The van der Waals surface area contributed by atoms with Gasteiger partial charge in [-0.05, 0) is 31.0 Å². The molecule has 2 atom stereocenters. The van der Waals surface area contributed by atoms with Gasteiger partial charge in [0.05, 0.1) is 12.2 Å². The van der Waals surface area contributed by atoms with Crippen LogP contribution in [0.3, 0.4) is 0 Å². The highest BCUT2D eigenvalue weighted by Crippen LogP contribution is 2.24. The van der Waals surface area contributed by atoms with E-state index in [9.17, 15) is 0 Å². The van der Waals surface area contributed by atoms with Crippen LogP contribution in [0.1, 0.15) is 30.6 Å². The van der Waals surface area contributed by atoms with Crippen molar-refractivity contribution < 1.29 is 0 Å². The van der Waals surface area contributed by atoms with Crippen molar-refractivity contribution >= 4 is 5.96 Å². The van der Waals surface area contributed by atoms with Crippen LogP contribution in [0.2, 0.25) is 0 Å². The summed E-state index contributed by atoms with van der Waals surface area (Å²) in [5.74, 6) is 0.838. The van der Waals surface area contributed by atoms with E-state index in [2.05, 4.69) is 62.8 Å². The predicted molar refractivity (Wildman–Crippen MR) is 102 cm³/mol. The average Bonchev–Trinajstić information content (AvgIpc) is 3.14. The van der Waals surface area contributed by atoms with Gasteiger partial charge < -0.3 is 10.6 Å². The molecule has 132 valence electrons. The molecule has 0 radical (unpaired) electrons. The molecule has 2 unspecified atom stereocenters. The van der Waals surface area contributed by atoms with E-state index in [0.29, 0.717) is 18.6 Å². The monoisotopic (exact) mass is 337 g/mol. The summed E-state index contributed by atoms with van der Waals surface area (Å²) in [6.45, 7) is 5.09. The lowest BCUT2D eigenvalue weighted by atomic mass is 10.1. The minimum Gasteiger partial charge on any atom is -0.352 e. The highest BCUT2D eigenvalue weighted by atomic mass is 15.3. The average molecular weight is 337 g/mol. The van der Waals surface area contributed by atoms with Crippen LogP contribution in [0.15, 0.2) is 59.7 Å². The summed E-state index contributed by atoms with van der Waals surface area (Å²) >= 11 is 0. The molecule has 2 aromatic rings. The number of aliphatic imine (C=N–C) groups is 1. The predicted octanol–water partition coefficient (Wildman–Crippen LogP) is 2.58. The van der Waals surface area contributed by atoms with E-state index in [1.54, 1.807) is 0 Å². The Kier molecular flexibility index (Phi) is 6.01. The summed E-state index contributed by atoms with van der Waals surface area (Å²) in [5.41, 5.74) is 2.39. The molecule has 0 saturated carbocycles. The minimum absolute atomic E-state index is 0.418. The Hall–Kier alpha value is -2.40. The van der Waals surface area contributed by atoms with Crippen molar-refractivity contribution in [2.24, 2.45) is 4.99 Å². The normalized spacial score (nSPS) is 19.6. The Bertz CT molecular complexity index is 671. The smallest absolute Gasteiger partial charge is 0.191 e. The van der Waals surface area contributed by atoms with E-state index < -0.39 is 0 Å². The second kappa shape index (κ2) is 8.62. The molecule has 1 fully saturated rings. The van der Waals surface area contributed by atoms with Gasteiger partial charge in [-0.3, -0.25) is 14.9 Å². The van der Waals surface area contributed by atoms with Crippen LogP contribution in [-0.2, 0) is 6.54 Å². The molecule has 3 rings (SSSR count). The minimum atomic E-state index is 0.418. The molecule has 5 nitrogen and oxygen atoms in total. The van der Waals surface area contributed by atoms with Crippen LogP contribution in [0.4, 0.5) is 0 Å². The first-order valence-electron chi connectivity index (χ1n) is 8.92. The van der Waals surface area contributed by atoms with Crippen molar-refractivity contribution in [3.63, 3.8) is 0 Å². The highest BCUT2D eigenvalue weighted by molar-refractivity contribution is 5.79. The standard InChI is InChI=1S/C20H27N5/c1-16(17-8-4-3-5-9-17)25-13-11-19(15-25)24-20(21-2)23-14-18-10-6-7-12-22-18/h3-10,12,16,19H,11,13-15H2,1-2H3,(H2,21,23,24). The Labute approximate surface area is 150 Å². The van der Waals surface area contributed by atoms with Crippen LogP contribution in [0.25, 0.3) is 0 Å². The summed E-state index contributed by atoms with van der Waals surface area (Å²) in [7, 11) is 1.81. The Balaban J connectivity index is 1.50. The van der Waals surface area contributed by atoms with Gasteiger partial charge in [-0.15, -0.1) is 0 Å². The fourth-order valence-electron chi connectivity index (χ4n) is 3.26. The summed E-state index contributed by atoms with van der Waals surface area (Å²) in [6, 6.07) is 17.5. The molecule has 0 bridgehead atoms. The second-order valence-electron chi connectivity index (χ2n) is 6.46. The number of likely N-dealkylation sites (tertiary alicyclic amines) is 1. The fraction of sp³-hybridized carbons (Fsp3) is 0.400. The third-order valence-corrected chi connectivity index (χ3v) is 4.78. The van der Waals surface area contributed by atoms with Gasteiger partial charge in [0.15, 0.2) is 5.96 Å². The molecule has 1 aromatic carbocycles. The zero-order valence-electron chi connectivity index (χ0n) is 15.0. The Morgan fingerprint density at radius 2 is 2.04 bits per heavy atom. The first-order valence-corrected chi connectivity index (χ1v) is 8.92. The molecule has 0 spiro atoms. The number of benzene rings is 1. The molecule has 25 heavy (non-hydrogen) atoms. The molecular formula is C20H27N5. The van der Waals surface area contributed by atoms with Crippen LogP contribution >= 0.6 is 0 Å². The maximum absolute atomic E-state index is 4.34. The summed E-state index contributed by atoms with van der Waals surface area (Å²) in [6.07, 6.45) is 2.94. The lowest BCUT2D eigenvalue weighted by molar-refractivity contribution is 0.258. The number of rotatable bonds is 5. The lowest BCUT2D eigenvalue weighted by Crippen LogP contribution is -2.44. The van der Waals surface area contributed by atoms with Gasteiger partial charge in [-0.2, -0.15) is 0 Å². The molecule has 0 aliphatic carbocycles. The molecule has 1 aliphatic rings. The molecule has 2 heterocycles. The lowest BCUT2D eigenvalue weighted by Gasteiger charge is -2.25. The van der Waals surface area contributed by atoms with Gasteiger partial charge in [-0.1, -0.05) is 36.4 Å². The van der Waals surface area contributed by atoms with Gasteiger partial charge in [0.25, 0.3) is 0 Å².